The molecule has 14 heavy (non-hydrogen) atoms. The summed E-state index contributed by atoms with van der Waals surface area (Å²) in [7, 11) is 0. The third kappa shape index (κ3) is 2.96. The molecule has 1 aliphatic carbocycles. The molecule has 2 aliphatic rings. The Morgan fingerprint density at radius 2 is 2.07 bits per heavy atom. The van der Waals surface area contributed by atoms with Crippen LogP contribution in [0.2, 0.25) is 0 Å². The second-order valence-electron chi connectivity index (χ2n) is 3.89. The Labute approximate surface area is 85.6 Å². The highest BCUT2D eigenvalue weighted by Crippen LogP contribution is 2.16. The lowest BCUT2D eigenvalue weighted by molar-refractivity contribution is -0.164. The fraction of sp³-hybridized carbons (Fsp3) is 0.667. The average Bonchev–Trinajstić information content (AvgIpc) is 2.29. The van der Waals surface area contributed by atoms with Crippen LogP contribution in [0.3, 0.4) is 0 Å². The molecule has 1 aliphatic heterocycles. The van der Waals surface area contributed by atoms with Crippen molar-refractivity contribution in [1.82, 2.24) is 0 Å². The summed E-state index contributed by atoms with van der Waals surface area (Å²) in [6.45, 7) is 1.62. The highest BCUT2D eigenvalue weighted by Gasteiger charge is 2.15. The van der Waals surface area contributed by atoms with Crippen molar-refractivity contribution in [3.63, 3.8) is 0 Å². The van der Waals surface area contributed by atoms with Crippen LogP contribution in [0.15, 0.2) is 24.3 Å². The van der Waals surface area contributed by atoms with Gasteiger partial charge in [0.15, 0.2) is 6.29 Å². The summed E-state index contributed by atoms with van der Waals surface area (Å²) in [5.41, 5.74) is 0. The van der Waals surface area contributed by atoms with Gasteiger partial charge >= 0.3 is 0 Å². The van der Waals surface area contributed by atoms with E-state index in [0.717, 1.165) is 26.1 Å². The quantitative estimate of drug-likeness (QED) is 0.643. The number of hydrogen-bond donors (Lipinski definition) is 0. The minimum absolute atomic E-state index is 0.0486. The van der Waals surface area contributed by atoms with Crippen molar-refractivity contribution in [2.75, 3.05) is 13.2 Å². The summed E-state index contributed by atoms with van der Waals surface area (Å²) in [6.07, 6.45) is 13.4. The van der Waals surface area contributed by atoms with Crippen LogP contribution in [0.25, 0.3) is 0 Å². The molecule has 78 valence electrons. The molecule has 1 heterocycles. The van der Waals surface area contributed by atoms with Crippen LogP contribution in [0.4, 0.5) is 0 Å². The van der Waals surface area contributed by atoms with Crippen LogP contribution < -0.4 is 0 Å². The molecule has 2 heteroatoms. The van der Waals surface area contributed by atoms with E-state index in [-0.39, 0.29) is 6.29 Å². The van der Waals surface area contributed by atoms with Gasteiger partial charge in [0.25, 0.3) is 0 Å². The molecule has 1 atom stereocenters. The fourth-order valence-corrected chi connectivity index (χ4v) is 1.82. The summed E-state index contributed by atoms with van der Waals surface area (Å²) in [5, 5.41) is 0. The van der Waals surface area contributed by atoms with Crippen molar-refractivity contribution in [2.24, 2.45) is 5.92 Å². The maximum absolute atomic E-state index is 5.70. The molecule has 0 aromatic carbocycles. The second kappa shape index (κ2) is 5.32. The van der Waals surface area contributed by atoms with Crippen molar-refractivity contribution in [1.29, 1.82) is 0 Å². The molecule has 0 saturated carbocycles. The zero-order chi connectivity index (χ0) is 9.64. The van der Waals surface area contributed by atoms with E-state index in [2.05, 4.69) is 24.3 Å². The monoisotopic (exact) mass is 194 g/mol. The molecule has 0 aromatic heterocycles. The van der Waals surface area contributed by atoms with Crippen molar-refractivity contribution < 1.29 is 9.47 Å². The molecular formula is C12H18O2. The summed E-state index contributed by atoms with van der Waals surface area (Å²) in [5.74, 6) is 0.453. The Balaban J connectivity index is 1.67. The third-order valence-electron chi connectivity index (χ3n) is 2.65. The summed E-state index contributed by atoms with van der Waals surface area (Å²) < 4.78 is 11.2. The maximum atomic E-state index is 5.70. The van der Waals surface area contributed by atoms with Crippen molar-refractivity contribution >= 4 is 0 Å². The number of allylic oxidation sites excluding steroid dienone is 2. The molecule has 1 saturated heterocycles. The largest absolute Gasteiger partial charge is 0.353 e. The van der Waals surface area contributed by atoms with Crippen LogP contribution in [0.5, 0.6) is 0 Å². The minimum atomic E-state index is 0.0486. The summed E-state index contributed by atoms with van der Waals surface area (Å²) in [4.78, 5) is 0. The molecule has 0 amide bonds. The molecule has 0 unspecified atom stereocenters. The van der Waals surface area contributed by atoms with Gasteiger partial charge in [-0.3, -0.25) is 0 Å². The van der Waals surface area contributed by atoms with E-state index in [4.69, 9.17) is 9.47 Å². The van der Waals surface area contributed by atoms with E-state index in [0.29, 0.717) is 5.92 Å². The lowest BCUT2D eigenvalue weighted by Gasteiger charge is -2.24. The smallest absolute Gasteiger partial charge is 0.157 e. The molecule has 0 N–H and O–H groups in total. The minimum Gasteiger partial charge on any atom is -0.353 e. The Hall–Kier alpha value is -0.600. The van der Waals surface area contributed by atoms with Crippen molar-refractivity contribution in [2.45, 2.75) is 32.0 Å². The maximum Gasteiger partial charge on any atom is 0.157 e. The molecule has 2 rings (SSSR count). The Morgan fingerprint density at radius 1 is 1.21 bits per heavy atom. The van der Waals surface area contributed by atoms with Gasteiger partial charge in [-0.25, -0.2) is 0 Å². The predicted molar refractivity (Wildman–Crippen MR) is 55.9 cm³/mol. The average molecular weight is 194 g/mol. The van der Waals surface area contributed by atoms with E-state index in [1.165, 1.54) is 12.8 Å². The number of hydrogen-bond acceptors (Lipinski definition) is 2. The van der Waals surface area contributed by atoms with Gasteiger partial charge in [-0.15, -0.1) is 0 Å². The molecule has 0 radical (unpaired) electrons. The fourth-order valence-electron chi connectivity index (χ4n) is 1.82. The second-order valence-corrected chi connectivity index (χ2v) is 3.89. The molecule has 2 nitrogen and oxygen atoms in total. The SMILES string of the molecule is C1=CC(CO[C@@H]2CCCCO2)C=CC1. The first-order chi connectivity index (χ1) is 6.95. The van der Waals surface area contributed by atoms with E-state index < -0.39 is 0 Å². The third-order valence-corrected chi connectivity index (χ3v) is 2.65. The predicted octanol–water partition coefficient (Wildman–Crippen LogP) is 2.66. The molecule has 0 bridgehead atoms. The van der Waals surface area contributed by atoms with Gasteiger partial charge < -0.3 is 9.47 Å². The topological polar surface area (TPSA) is 18.5 Å². The Morgan fingerprint density at radius 3 is 2.79 bits per heavy atom. The molecular weight excluding hydrogens is 176 g/mol. The zero-order valence-electron chi connectivity index (χ0n) is 8.52. The van der Waals surface area contributed by atoms with Gasteiger partial charge in [-0.2, -0.15) is 0 Å². The lowest BCUT2D eigenvalue weighted by Crippen LogP contribution is -2.24. The van der Waals surface area contributed by atoms with Gasteiger partial charge in [0.1, 0.15) is 0 Å². The first-order valence-corrected chi connectivity index (χ1v) is 5.52. The van der Waals surface area contributed by atoms with Gasteiger partial charge in [0, 0.05) is 12.5 Å². The van der Waals surface area contributed by atoms with Gasteiger partial charge in [-0.05, 0) is 25.7 Å². The molecule has 0 spiro atoms. The van der Waals surface area contributed by atoms with Crippen molar-refractivity contribution in [3.8, 4) is 0 Å². The number of ether oxygens (including phenoxy) is 2. The molecule has 1 fully saturated rings. The van der Waals surface area contributed by atoms with Gasteiger partial charge in [0.2, 0.25) is 0 Å². The van der Waals surface area contributed by atoms with Crippen molar-refractivity contribution in [3.05, 3.63) is 24.3 Å². The van der Waals surface area contributed by atoms with Crippen LogP contribution in [-0.2, 0) is 9.47 Å². The lowest BCUT2D eigenvalue weighted by atomic mass is 10.0. The van der Waals surface area contributed by atoms with Crippen LogP contribution in [0, 0.1) is 5.92 Å². The number of rotatable bonds is 3. The first kappa shape index (κ1) is 9.94. The van der Waals surface area contributed by atoms with Crippen LogP contribution >= 0.6 is 0 Å². The first-order valence-electron chi connectivity index (χ1n) is 5.52. The van der Waals surface area contributed by atoms with Crippen LogP contribution in [-0.4, -0.2) is 19.5 Å². The zero-order valence-corrected chi connectivity index (χ0v) is 8.52. The summed E-state index contributed by atoms with van der Waals surface area (Å²) >= 11 is 0. The van der Waals surface area contributed by atoms with E-state index >= 15 is 0 Å². The summed E-state index contributed by atoms with van der Waals surface area (Å²) in [6, 6.07) is 0. The standard InChI is InChI=1S/C12H18O2/c1-2-6-11(7-3-1)10-14-12-8-4-5-9-13-12/h2-3,6-7,11-12H,1,4-5,8-10H2/t12-/m1/s1. The highest BCUT2D eigenvalue weighted by atomic mass is 16.7. The van der Waals surface area contributed by atoms with Gasteiger partial charge in [-0.1, -0.05) is 24.3 Å². The van der Waals surface area contributed by atoms with E-state index in [9.17, 15) is 0 Å². The van der Waals surface area contributed by atoms with E-state index in [1.807, 2.05) is 0 Å². The van der Waals surface area contributed by atoms with E-state index in [1.54, 1.807) is 0 Å². The Kier molecular flexibility index (Phi) is 3.78. The van der Waals surface area contributed by atoms with Gasteiger partial charge in [0.05, 0.1) is 6.61 Å². The normalized spacial score (nSPS) is 28.1. The van der Waals surface area contributed by atoms with Crippen LogP contribution in [0.1, 0.15) is 25.7 Å². The Bertz CT molecular complexity index is 202. The highest BCUT2D eigenvalue weighted by molar-refractivity contribution is 5.08. The molecule has 0 aromatic rings.